The van der Waals surface area contributed by atoms with Crippen LogP contribution in [-0.2, 0) is 13.2 Å². The molecule has 0 atom stereocenters. The summed E-state index contributed by atoms with van der Waals surface area (Å²) in [5.74, 6) is 0.820. The Morgan fingerprint density at radius 1 is 1.12 bits per heavy atom. The van der Waals surface area contributed by atoms with Gasteiger partial charge in [-0.15, -0.1) is 0 Å². The summed E-state index contributed by atoms with van der Waals surface area (Å²) in [7, 11) is 0. The van der Waals surface area contributed by atoms with Crippen molar-refractivity contribution in [3.63, 3.8) is 0 Å². The van der Waals surface area contributed by atoms with E-state index in [0.29, 0.717) is 10.8 Å². The lowest BCUT2D eigenvalue weighted by Crippen LogP contribution is -2.28. The van der Waals surface area contributed by atoms with Crippen LogP contribution in [-0.4, -0.2) is 30.7 Å². The van der Waals surface area contributed by atoms with Gasteiger partial charge in [0.1, 0.15) is 0 Å². The maximum Gasteiger partial charge on any atom is 0.217 e. The van der Waals surface area contributed by atoms with Crippen LogP contribution >= 0.6 is 12.2 Å². The summed E-state index contributed by atoms with van der Waals surface area (Å²) in [5, 5.41) is 3.34. The largest absolute Gasteiger partial charge is 0.278 e. The van der Waals surface area contributed by atoms with Gasteiger partial charge in [-0.2, -0.15) is 4.98 Å². The molecule has 0 bridgehead atoms. The first-order chi connectivity index (χ1) is 11.8. The summed E-state index contributed by atoms with van der Waals surface area (Å²) in [5.41, 5.74) is 2.32. The molecule has 0 amide bonds. The monoisotopic (exact) mass is 337 g/mol. The highest BCUT2D eigenvalue weighted by Crippen LogP contribution is 2.29. The van der Waals surface area contributed by atoms with E-state index in [9.17, 15) is 0 Å². The molecule has 2 aromatic heterocycles. The topological polar surface area (TPSA) is 49.7 Å². The van der Waals surface area contributed by atoms with Crippen molar-refractivity contribution in [1.82, 2.24) is 24.6 Å². The van der Waals surface area contributed by atoms with Crippen LogP contribution in [0.4, 0.5) is 0 Å². The van der Waals surface area contributed by atoms with Crippen LogP contribution in [0.2, 0.25) is 0 Å². The van der Waals surface area contributed by atoms with Crippen LogP contribution in [0.25, 0.3) is 11.4 Å². The molecule has 4 rings (SSSR count). The van der Waals surface area contributed by atoms with Crippen molar-refractivity contribution in [1.29, 1.82) is 0 Å². The zero-order chi connectivity index (χ0) is 16.4. The summed E-state index contributed by atoms with van der Waals surface area (Å²) in [6.45, 7) is 1.63. The molecule has 1 saturated carbocycles. The highest BCUT2D eigenvalue weighted by Gasteiger charge is 2.29. The Balaban J connectivity index is 1.55. The second-order valence-corrected chi connectivity index (χ2v) is 6.49. The van der Waals surface area contributed by atoms with Crippen LogP contribution < -0.4 is 0 Å². The molecule has 3 aromatic rings. The van der Waals surface area contributed by atoms with Gasteiger partial charge in [-0.05, 0) is 42.8 Å². The number of aromatic amines is 1. The van der Waals surface area contributed by atoms with E-state index in [1.165, 1.54) is 18.4 Å². The summed E-state index contributed by atoms with van der Waals surface area (Å²) < 4.78 is 2.55. The normalized spacial score (nSPS) is 14.2. The maximum atomic E-state index is 5.45. The number of nitrogens with one attached hydrogen (secondary N) is 1. The van der Waals surface area contributed by atoms with Gasteiger partial charge in [0.2, 0.25) is 4.77 Å². The number of pyridine rings is 1. The summed E-state index contributed by atoms with van der Waals surface area (Å²) >= 11 is 5.45. The molecule has 122 valence electrons. The Bertz CT molecular complexity index is 852. The molecule has 1 aliphatic rings. The molecule has 0 aliphatic heterocycles. The van der Waals surface area contributed by atoms with E-state index in [4.69, 9.17) is 12.2 Å². The highest BCUT2D eigenvalue weighted by atomic mass is 32.1. The van der Waals surface area contributed by atoms with Crippen molar-refractivity contribution in [2.75, 3.05) is 0 Å². The lowest BCUT2D eigenvalue weighted by molar-refractivity contribution is 0.187. The molecule has 24 heavy (non-hydrogen) atoms. The van der Waals surface area contributed by atoms with Crippen molar-refractivity contribution in [2.45, 2.75) is 32.1 Å². The molecule has 5 nitrogen and oxygen atoms in total. The summed E-state index contributed by atoms with van der Waals surface area (Å²) in [4.78, 5) is 11.0. The standard InChI is InChI=1S/C18H19N5S/c24-18-20-17(15-4-2-1-3-5-15)21-23(18)13-22(16-6-7-16)12-14-8-10-19-11-9-14/h1-5,8-11,16H,6-7,12-13H2,(H,20,21,24). The van der Waals surface area contributed by atoms with Crippen LogP contribution in [0.5, 0.6) is 0 Å². The Labute approximate surface area is 146 Å². The van der Waals surface area contributed by atoms with Crippen molar-refractivity contribution in [2.24, 2.45) is 0 Å². The lowest BCUT2D eigenvalue weighted by Gasteiger charge is -2.22. The first-order valence-electron chi connectivity index (χ1n) is 8.15. The molecule has 6 heteroatoms. The lowest BCUT2D eigenvalue weighted by atomic mass is 10.2. The van der Waals surface area contributed by atoms with Crippen molar-refractivity contribution in [3.05, 3.63) is 65.2 Å². The van der Waals surface area contributed by atoms with Gasteiger partial charge in [0.15, 0.2) is 5.82 Å². The van der Waals surface area contributed by atoms with Crippen molar-refractivity contribution >= 4 is 12.2 Å². The van der Waals surface area contributed by atoms with E-state index < -0.39 is 0 Å². The number of benzene rings is 1. The van der Waals surface area contributed by atoms with Gasteiger partial charge in [-0.3, -0.25) is 15.0 Å². The van der Waals surface area contributed by atoms with E-state index in [1.54, 1.807) is 0 Å². The second-order valence-electron chi connectivity index (χ2n) is 6.12. The fraction of sp³-hybridized carbons (Fsp3) is 0.278. The molecule has 0 spiro atoms. The third-order valence-electron chi connectivity index (χ3n) is 4.25. The average molecular weight is 337 g/mol. The number of H-pyrrole nitrogens is 1. The Kier molecular flexibility index (Phi) is 4.23. The molecule has 0 radical (unpaired) electrons. The van der Waals surface area contributed by atoms with Gasteiger partial charge in [-0.25, -0.2) is 4.68 Å². The zero-order valence-corrected chi connectivity index (χ0v) is 14.1. The molecule has 1 N–H and O–H groups in total. The van der Waals surface area contributed by atoms with Crippen molar-refractivity contribution < 1.29 is 0 Å². The van der Waals surface area contributed by atoms with Gasteiger partial charge >= 0.3 is 0 Å². The number of hydrogen-bond acceptors (Lipinski definition) is 4. The second kappa shape index (κ2) is 6.67. The highest BCUT2D eigenvalue weighted by molar-refractivity contribution is 7.71. The minimum absolute atomic E-state index is 0.592. The third kappa shape index (κ3) is 3.44. The van der Waals surface area contributed by atoms with Crippen LogP contribution in [0, 0.1) is 4.77 Å². The molecule has 0 saturated heterocycles. The number of aromatic nitrogens is 4. The number of nitrogens with zero attached hydrogens (tertiary/aromatic N) is 4. The zero-order valence-electron chi connectivity index (χ0n) is 13.3. The number of hydrogen-bond donors (Lipinski definition) is 1. The smallest absolute Gasteiger partial charge is 0.217 e. The maximum absolute atomic E-state index is 5.45. The number of rotatable bonds is 6. The minimum atomic E-state index is 0.592. The van der Waals surface area contributed by atoms with Gasteiger partial charge < -0.3 is 0 Å². The first kappa shape index (κ1) is 15.2. The van der Waals surface area contributed by atoms with Gasteiger partial charge in [-0.1, -0.05) is 30.3 Å². The Hall–Kier alpha value is -2.31. The Morgan fingerprint density at radius 2 is 1.88 bits per heavy atom. The predicted molar refractivity (Wildman–Crippen MR) is 95.6 cm³/mol. The molecule has 1 aromatic carbocycles. The molecular formula is C18H19N5S. The predicted octanol–water partition coefficient (Wildman–Crippen LogP) is 3.62. The fourth-order valence-electron chi connectivity index (χ4n) is 2.82. The van der Waals surface area contributed by atoms with Gasteiger partial charge in [0, 0.05) is 30.5 Å². The Morgan fingerprint density at radius 3 is 2.58 bits per heavy atom. The van der Waals surface area contributed by atoms with E-state index >= 15 is 0 Å². The average Bonchev–Trinajstić information content (AvgIpc) is 3.40. The molecular weight excluding hydrogens is 318 g/mol. The minimum Gasteiger partial charge on any atom is -0.278 e. The molecule has 2 heterocycles. The van der Waals surface area contributed by atoms with Crippen LogP contribution in [0.15, 0.2) is 54.9 Å². The van der Waals surface area contributed by atoms with E-state index in [-0.39, 0.29) is 0 Å². The van der Waals surface area contributed by atoms with Gasteiger partial charge in [0.05, 0.1) is 6.67 Å². The van der Waals surface area contributed by atoms with E-state index in [0.717, 1.165) is 24.6 Å². The van der Waals surface area contributed by atoms with Crippen LogP contribution in [0.1, 0.15) is 18.4 Å². The van der Waals surface area contributed by atoms with Crippen LogP contribution in [0.3, 0.4) is 0 Å². The third-order valence-corrected chi connectivity index (χ3v) is 4.56. The van der Waals surface area contributed by atoms with E-state index in [2.05, 4.69) is 32.1 Å². The van der Waals surface area contributed by atoms with E-state index in [1.807, 2.05) is 47.4 Å². The SMILES string of the molecule is S=c1nc(-c2ccccc2)[nH]n1CN(Cc1ccncc1)C1CC1. The fourth-order valence-corrected chi connectivity index (χ4v) is 3.01. The quantitative estimate of drug-likeness (QED) is 0.698. The van der Waals surface area contributed by atoms with Crippen molar-refractivity contribution in [3.8, 4) is 11.4 Å². The first-order valence-corrected chi connectivity index (χ1v) is 8.55. The molecule has 1 fully saturated rings. The summed E-state index contributed by atoms with van der Waals surface area (Å²) in [6, 6.07) is 14.8. The molecule has 1 aliphatic carbocycles. The molecule has 0 unspecified atom stereocenters. The summed E-state index contributed by atoms with van der Waals surface area (Å²) in [6.07, 6.45) is 6.18. The van der Waals surface area contributed by atoms with Gasteiger partial charge in [0.25, 0.3) is 0 Å².